The molecule has 0 spiro atoms. The second-order valence-electron chi connectivity index (χ2n) is 11.5. The van der Waals surface area contributed by atoms with E-state index in [1.54, 1.807) is 13.3 Å². The molecule has 9 nitrogen and oxygen atoms in total. The molecule has 1 saturated heterocycles. The molecule has 2 N–H and O–H groups in total. The van der Waals surface area contributed by atoms with Gasteiger partial charge in [-0.15, -0.1) is 0 Å². The molecule has 1 saturated carbocycles. The van der Waals surface area contributed by atoms with E-state index in [9.17, 15) is 5.26 Å². The number of piperidine rings is 1. The molecule has 0 unspecified atom stereocenters. The number of anilines is 1. The highest BCUT2D eigenvalue weighted by atomic mass is 35.5. The topological polar surface area (TPSA) is 112 Å². The standard InChI is InChI=1S/C31H33Cl2N7O2/c1-18(28-23(32)16-35-17-24(28)33)42-27-11-22-25(12-26(27)41-3)38-39-29(22)21-10-20(13-34)30(36-15-21)40-8-6-31(2,7-9-40)37-14-19-4-5-19/h10-12,15-19,37H,4-9,14H2,1-3H3,(H,38,39)/t18-/m1/s1. The first-order valence-corrected chi connectivity index (χ1v) is 15.0. The summed E-state index contributed by atoms with van der Waals surface area (Å²) in [6.45, 7) is 6.98. The van der Waals surface area contributed by atoms with Gasteiger partial charge in [0, 0.05) is 59.8 Å². The van der Waals surface area contributed by atoms with Crippen LogP contribution in [0.15, 0.2) is 36.8 Å². The van der Waals surface area contributed by atoms with Crippen LogP contribution in [0.5, 0.6) is 11.5 Å². The van der Waals surface area contributed by atoms with Gasteiger partial charge in [0.05, 0.1) is 28.2 Å². The van der Waals surface area contributed by atoms with Crippen LogP contribution < -0.4 is 19.7 Å². The number of fused-ring (bicyclic) bond motifs is 1. The van der Waals surface area contributed by atoms with E-state index in [-0.39, 0.29) is 5.54 Å². The fourth-order valence-electron chi connectivity index (χ4n) is 5.58. The normalized spacial score (nSPS) is 17.2. The van der Waals surface area contributed by atoms with Crippen molar-refractivity contribution in [3.05, 3.63) is 58.0 Å². The molecule has 3 aromatic heterocycles. The van der Waals surface area contributed by atoms with Crippen molar-refractivity contribution in [2.24, 2.45) is 5.92 Å². The number of nitriles is 1. The highest BCUT2D eigenvalue weighted by Gasteiger charge is 2.33. The molecule has 2 fully saturated rings. The average Bonchev–Trinajstić information content (AvgIpc) is 3.74. The third-order valence-corrected chi connectivity index (χ3v) is 8.99. The van der Waals surface area contributed by atoms with Crippen molar-refractivity contribution in [2.75, 3.05) is 31.6 Å². The van der Waals surface area contributed by atoms with Crippen molar-refractivity contribution in [3.8, 4) is 28.8 Å². The highest BCUT2D eigenvalue weighted by Crippen LogP contribution is 2.40. The molecule has 0 amide bonds. The van der Waals surface area contributed by atoms with Crippen LogP contribution in [0.1, 0.15) is 56.8 Å². The zero-order valence-corrected chi connectivity index (χ0v) is 25.4. The van der Waals surface area contributed by atoms with Crippen molar-refractivity contribution in [3.63, 3.8) is 0 Å². The lowest BCUT2D eigenvalue weighted by Crippen LogP contribution is -2.52. The molecule has 1 aliphatic carbocycles. The fraction of sp³-hybridized carbons (Fsp3) is 0.419. The van der Waals surface area contributed by atoms with Gasteiger partial charge in [-0.25, -0.2) is 4.98 Å². The van der Waals surface area contributed by atoms with E-state index in [2.05, 4.69) is 38.4 Å². The van der Waals surface area contributed by atoms with Crippen LogP contribution in [0.2, 0.25) is 10.0 Å². The minimum absolute atomic E-state index is 0.131. The molecule has 6 rings (SSSR count). The lowest BCUT2D eigenvalue weighted by Gasteiger charge is -2.41. The molecular weight excluding hydrogens is 573 g/mol. The number of methoxy groups -OCH3 is 1. The molecule has 1 atom stereocenters. The first-order valence-electron chi connectivity index (χ1n) is 14.2. The zero-order valence-electron chi connectivity index (χ0n) is 23.9. The Balaban J connectivity index is 1.26. The van der Waals surface area contributed by atoms with Crippen LogP contribution in [0.4, 0.5) is 5.82 Å². The van der Waals surface area contributed by atoms with Crippen LogP contribution in [0.25, 0.3) is 22.2 Å². The molecule has 11 heteroatoms. The molecule has 2 aliphatic rings. The SMILES string of the molecule is COc1cc2[nH]nc(-c3cnc(N4CCC(C)(NCC5CC5)CC4)c(C#N)c3)c2cc1O[C@H](C)c1c(Cl)cncc1Cl. The van der Waals surface area contributed by atoms with Gasteiger partial charge in [-0.05, 0) is 64.1 Å². The number of hydrogen-bond acceptors (Lipinski definition) is 8. The Morgan fingerprint density at radius 2 is 1.88 bits per heavy atom. The summed E-state index contributed by atoms with van der Waals surface area (Å²) in [6.07, 6.45) is 9.10. The Hall–Kier alpha value is -3.58. The number of aromatic amines is 1. The van der Waals surface area contributed by atoms with Gasteiger partial charge in [-0.3, -0.25) is 10.1 Å². The Bertz CT molecular complexity index is 1640. The Kier molecular flexibility index (Phi) is 7.88. The summed E-state index contributed by atoms with van der Waals surface area (Å²) in [6, 6.07) is 7.93. The zero-order chi connectivity index (χ0) is 29.4. The fourth-order valence-corrected chi connectivity index (χ4v) is 6.25. The first-order chi connectivity index (χ1) is 20.3. The van der Waals surface area contributed by atoms with Crippen LogP contribution in [-0.2, 0) is 0 Å². The van der Waals surface area contributed by atoms with Gasteiger partial charge in [0.15, 0.2) is 11.5 Å². The van der Waals surface area contributed by atoms with Crippen molar-refractivity contribution in [1.82, 2.24) is 25.5 Å². The number of hydrogen-bond donors (Lipinski definition) is 2. The smallest absolute Gasteiger partial charge is 0.162 e. The van der Waals surface area contributed by atoms with E-state index in [1.165, 1.54) is 25.2 Å². The monoisotopic (exact) mass is 605 g/mol. The number of benzene rings is 1. The van der Waals surface area contributed by atoms with E-state index < -0.39 is 6.10 Å². The number of ether oxygens (including phenoxy) is 2. The van der Waals surface area contributed by atoms with Crippen molar-refractivity contribution >= 4 is 39.9 Å². The van der Waals surface area contributed by atoms with Gasteiger partial charge in [0.1, 0.15) is 23.7 Å². The number of nitrogens with zero attached hydrogens (tertiary/aromatic N) is 5. The highest BCUT2D eigenvalue weighted by molar-refractivity contribution is 6.35. The number of aromatic nitrogens is 4. The summed E-state index contributed by atoms with van der Waals surface area (Å²) >= 11 is 12.7. The second-order valence-corrected chi connectivity index (χ2v) is 12.3. The Labute approximate surface area is 255 Å². The van der Waals surface area contributed by atoms with E-state index in [0.29, 0.717) is 38.4 Å². The predicted molar refractivity (Wildman–Crippen MR) is 164 cm³/mol. The Morgan fingerprint density at radius 1 is 1.14 bits per heavy atom. The van der Waals surface area contributed by atoms with Crippen LogP contribution in [-0.4, -0.2) is 52.4 Å². The first kappa shape index (κ1) is 28.5. The minimum atomic E-state index is -0.476. The molecule has 1 aliphatic heterocycles. The molecule has 4 aromatic rings. The summed E-state index contributed by atoms with van der Waals surface area (Å²) < 4.78 is 11.9. The number of H-pyrrole nitrogens is 1. The second kappa shape index (κ2) is 11.6. The number of pyridine rings is 2. The number of halogens is 2. The third-order valence-electron chi connectivity index (χ3n) is 8.39. The molecule has 1 aromatic carbocycles. The van der Waals surface area contributed by atoms with Crippen molar-refractivity contribution in [2.45, 2.75) is 51.2 Å². The molecule has 42 heavy (non-hydrogen) atoms. The van der Waals surface area contributed by atoms with Crippen molar-refractivity contribution in [1.29, 1.82) is 5.26 Å². The van der Waals surface area contributed by atoms with E-state index >= 15 is 0 Å². The van der Waals surface area contributed by atoms with Crippen LogP contribution in [0, 0.1) is 17.2 Å². The van der Waals surface area contributed by atoms with Gasteiger partial charge < -0.3 is 19.7 Å². The predicted octanol–water partition coefficient (Wildman–Crippen LogP) is 6.71. The van der Waals surface area contributed by atoms with Gasteiger partial charge in [-0.1, -0.05) is 23.2 Å². The van der Waals surface area contributed by atoms with E-state index in [1.807, 2.05) is 25.1 Å². The quantitative estimate of drug-likeness (QED) is 0.216. The molecule has 4 heterocycles. The van der Waals surface area contributed by atoms with Gasteiger partial charge in [0.25, 0.3) is 0 Å². The van der Waals surface area contributed by atoms with E-state index in [4.69, 9.17) is 37.7 Å². The largest absolute Gasteiger partial charge is 0.493 e. The van der Waals surface area contributed by atoms with E-state index in [0.717, 1.165) is 60.7 Å². The Morgan fingerprint density at radius 3 is 2.55 bits per heavy atom. The van der Waals surface area contributed by atoms with Crippen LogP contribution >= 0.6 is 23.2 Å². The van der Waals surface area contributed by atoms with Gasteiger partial charge in [0.2, 0.25) is 0 Å². The number of nitrogens with one attached hydrogen (secondary N) is 2. The average molecular weight is 607 g/mol. The maximum atomic E-state index is 10.1. The molecular formula is C31H33Cl2N7O2. The summed E-state index contributed by atoms with van der Waals surface area (Å²) in [5.41, 5.74) is 3.46. The summed E-state index contributed by atoms with van der Waals surface area (Å²) in [5, 5.41) is 23.2. The van der Waals surface area contributed by atoms with Gasteiger partial charge >= 0.3 is 0 Å². The summed E-state index contributed by atoms with van der Waals surface area (Å²) in [4.78, 5) is 11.0. The van der Waals surface area contributed by atoms with Crippen molar-refractivity contribution < 1.29 is 9.47 Å². The van der Waals surface area contributed by atoms with Crippen LogP contribution in [0.3, 0.4) is 0 Å². The third kappa shape index (κ3) is 5.71. The summed E-state index contributed by atoms with van der Waals surface area (Å²) in [5.74, 6) is 2.60. The maximum absolute atomic E-state index is 10.1. The summed E-state index contributed by atoms with van der Waals surface area (Å²) in [7, 11) is 1.58. The number of rotatable bonds is 9. The minimum Gasteiger partial charge on any atom is -0.493 e. The molecule has 0 bridgehead atoms. The molecule has 218 valence electrons. The van der Waals surface area contributed by atoms with Gasteiger partial charge in [-0.2, -0.15) is 10.4 Å². The lowest BCUT2D eigenvalue weighted by molar-refractivity contribution is 0.216. The molecule has 0 radical (unpaired) electrons. The maximum Gasteiger partial charge on any atom is 0.162 e. The lowest BCUT2D eigenvalue weighted by atomic mass is 9.89.